The summed E-state index contributed by atoms with van der Waals surface area (Å²) in [4.78, 5) is 68.3. The molecule has 1 fully saturated rings. The zero-order chi connectivity index (χ0) is 28.3. The fourth-order valence-corrected chi connectivity index (χ4v) is 3.96. The van der Waals surface area contributed by atoms with Crippen molar-refractivity contribution >= 4 is 41.7 Å². The predicted molar refractivity (Wildman–Crippen MR) is 141 cm³/mol. The summed E-state index contributed by atoms with van der Waals surface area (Å²) in [5.41, 5.74) is -1.82. The molecule has 3 rings (SSSR count). The number of aromatic nitrogens is 2. The monoisotopic (exact) mass is 546 g/mol. The molecule has 0 spiro atoms. The predicted octanol–water partition coefficient (Wildman–Crippen LogP) is 2.68. The highest BCUT2D eigenvalue weighted by Crippen LogP contribution is 2.19. The zero-order valence-electron chi connectivity index (χ0n) is 21.9. The highest BCUT2D eigenvalue weighted by Gasteiger charge is 2.36. The molecule has 0 unspecified atom stereocenters. The molecule has 204 valence electrons. The molecule has 2 N–H and O–H groups in total. The Morgan fingerprint density at radius 2 is 1.66 bits per heavy atom. The van der Waals surface area contributed by atoms with Crippen LogP contribution < -0.4 is 16.3 Å². The second kappa shape index (κ2) is 11.2. The van der Waals surface area contributed by atoms with E-state index in [1.165, 1.54) is 33.9 Å². The lowest BCUT2D eigenvalue weighted by Crippen LogP contribution is -2.60. The summed E-state index contributed by atoms with van der Waals surface area (Å²) < 4.78 is 6.47. The molecule has 1 aromatic heterocycles. The van der Waals surface area contributed by atoms with Crippen LogP contribution in [0.1, 0.15) is 45.0 Å². The molecule has 2 heterocycles. The first-order chi connectivity index (χ1) is 17.7. The number of anilines is 1. The Balaban J connectivity index is 1.57. The number of amides is 4. The molecule has 4 amide bonds. The van der Waals surface area contributed by atoms with E-state index in [1.54, 1.807) is 45.6 Å². The number of benzene rings is 1. The summed E-state index contributed by atoms with van der Waals surface area (Å²) in [6, 6.07) is 5.52. The molecule has 1 saturated heterocycles. The number of alkyl carbamates (subject to hydrolysis) is 1. The first kappa shape index (κ1) is 28.6. The van der Waals surface area contributed by atoms with Crippen LogP contribution in [0.15, 0.2) is 35.3 Å². The van der Waals surface area contributed by atoms with E-state index in [9.17, 15) is 24.0 Å². The van der Waals surface area contributed by atoms with Gasteiger partial charge in [0.1, 0.15) is 17.0 Å². The molecular formula is C25H31ClN6O6. The molecule has 0 aliphatic carbocycles. The minimum atomic E-state index is -1.20. The van der Waals surface area contributed by atoms with Crippen molar-refractivity contribution in [2.75, 3.05) is 31.5 Å². The summed E-state index contributed by atoms with van der Waals surface area (Å²) in [5.74, 6) is -0.233. The fraction of sp³-hybridized carbons (Fsp3) is 0.440. The van der Waals surface area contributed by atoms with E-state index in [0.717, 1.165) is 0 Å². The van der Waals surface area contributed by atoms with Crippen LogP contribution in [-0.2, 0) is 9.53 Å². The lowest BCUT2D eigenvalue weighted by Gasteiger charge is -2.38. The van der Waals surface area contributed by atoms with E-state index < -0.39 is 29.0 Å². The lowest BCUT2D eigenvalue weighted by atomic mass is 10.0. The van der Waals surface area contributed by atoms with Crippen molar-refractivity contribution in [2.24, 2.45) is 0 Å². The summed E-state index contributed by atoms with van der Waals surface area (Å²) in [6.07, 6.45) is 1.36. The summed E-state index contributed by atoms with van der Waals surface area (Å²) >= 11 is 6.04. The standard InChI is InChI=1S/C25H31ClN6O6/c1-24(2,3)38-23(37)29-25(4,5)20(34)30-10-12-31(13-11-30)21(35)27-19-8-9-32(22(36)28-19)17-7-6-16(15-33)18(26)14-17/h6-9,14-15H,10-13H2,1-5H3,(H,29,37)(H,27,28,35,36). The Morgan fingerprint density at radius 1 is 1.03 bits per heavy atom. The lowest BCUT2D eigenvalue weighted by molar-refractivity contribution is -0.138. The van der Waals surface area contributed by atoms with E-state index >= 15 is 0 Å². The molecule has 0 saturated carbocycles. The number of nitrogens with one attached hydrogen (secondary N) is 2. The summed E-state index contributed by atoms with van der Waals surface area (Å²) in [5, 5.41) is 5.39. The van der Waals surface area contributed by atoms with E-state index in [2.05, 4.69) is 15.6 Å². The molecule has 0 atom stereocenters. The number of nitrogens with zero attached hydrogens (tertiary/aromatic N) is 4. The number of carbonyl (C=O) groups excluding carboxylic acids is 4. The van der Waals surface area contributed by atoms with Crippen molar-refractivity contribution in [3.63, 3.8) is 0 Å². The molecule has 0 radical (unpaired) electrons. The van der Waals surface area contributed by atoms with Crippen LogP contribution >= 0.6 is 11.6 Å². The van der Waals surface area contributed by atoms with Gasteiger partial charge in [0, 0.05) is 37.9 Å². The smallest absolute Gasteiger partial charge is 0.408 e. The van der Waals surface area contributed by atoms with Gasteiger partial charge in [-0.1, -0.05) is 11.6 Å². The van der Waals surface area contributed by atoms with E-state index in [1.807, 2.05) is 0 Å². The van der Waals surface area contributed by atoms with Gasteiger partial charge in [0.25, 0.3) is 0 Å². The van der Waals surface area contributed by atoms with Gasteiger partial charge >= 0.3 is 17.8 Å². The summed E-state index contributed by atoms with van der Waals surface area (Å²) in [6.45, 7) is 9.41. The van der Waals surface area contributed by atoms with Crippen LogP contribution in [-0.4, -0.2) is 81.0 Å². The van der Waals surface area contributed by atoms with Gasteiger partial charge in [-0.2, -0.15) is 4.98 Å². The van der Waals surface area contributed by atoms with Crippen molar-refractivity contribution in [3.05, 3.63) is 51.5 Å². The van der Waals surface area contributed by atoms with Gasteiger partial charge in [-0.3, -0.25) is 19.5 Å². The fourth-order valence-electron chi connectivity index (χ4n) is 3.74. The van der Waals surface area contributed by atoms with Gasteiger partial charge < -0.3 is 19.9 Å². The maximum Gasteiger partial charge on any atom is 0.408 e. The van der Waals surface area contributed by atoms with Crippen LogP contribution in [0, 0.1) is 0 Å². The van der Waals surface area contributed by atoms with E-state index in [-0.39, 0.29) is 42.9 Å². The normalized spacial score (nSPS) is 14.1. The Morgan fingerprint density at radius 3 is 2.21 bits per heavy atom. The summed E-state index contributed by atoms with van der Waals surface area (Å²) in [7, 11) is 0. The number of halogens is 1. The van der Waals surface area contributed by atoms with Gasteiger partial charge in [-0.05, 0) is 58.9 Å². The van der Waals surface area contributed by atoms with Crippen LogP contribution in [0.3, 0.4) is 0 Å². The average Bonchev–Trinajstić information content (AvgIpc) is 2.82. The second-order valence-electron chi connectivity index (χ2n) is 10.3. The van der Waals surface area contributed by atoms with Crippen LogP contribution in [0.2, 0.25) is 5.02 Å². The molecule has 1 aromatic carbocycles. The van der Waals surface area contributed by atoms with Gasteiger partial charge in [0.05, 0.1) is 10.7 Å². The third-order valence-corrected chi connectivity index (χ3v) is 5.96. The van der Waals surface area contributed by atoms with Crippen LogP contribution in [0.5, 0.6) is 0 Å². The molecule has 12 nitrogen and oxygen atoms in total. The van der Waals surface area contributed by atoms with Crippen molar-refractivity contribution in [2.45, 2.75) is 45.8 Å². The Labute approximate surface area is 224 Å². The van der Waals surface area contributed by atoms with Gasteiger partial charge in [-0.25, -0.2) is 14.4 Å². The van der Waals surface area contributed by atoms with Crippen molar-refractivity contribution in [1.29, 1.82) is 0 Å². The molecule has 13 heteroatoms. The number of rotatable bonds is 5. The number of ether oxygens (including phenoxy) is 1. The number of piperazine rings is 1. The van der Waals surface area contributed by atoms with E-state index in [4.69, 9.17) is 16.3 Å². The third kappa shape index (κ3) is 7.09. The maximum absolute atomic E-state index is 13.0. The number of carbonyl (C=O) groups is 4. The van der Waals surface area contributed by atoms with Crippen LogP contribution in [0.4, 0.5) is 15.4 Å². The zero-order valence-corrected chi connectivity index (χ0v) is 22.7. The molecule has 1 aliphatic heterocycles. The molecule has 38 heavy (non-hydrogen) atoms. The third-order valence-electron chi connectivity index (χ3n) is 5.63. The Kier molecular flexibility index (Phi) is 8.45. The molecule has 1 aliphatic rings. The maximum atomic E-state index is 13.0. The SMILES string of the molecule is CC(C)(C)OC(=O)NC(C)(C)C(=O)N1CCN(C(=O)Nc2ccn(-c3ccc(C=O)c(Cl)c3)c(=O)n2)CC1. The Hall–Kier alpha value is -3.93. The van der Waals surface area contributed by atoms with E-state index in [0.29, 0.717) is 17.5 Å². The number of hydrogen-bond acceptors (Lipinski definition) is 7. The van der Waals surface area contributed by atoms with Crippen molar-refractivity contribution in [3.8, 4) is 5.69 Å². The largest absolute Gasteiger partial charge is 0.444 e. The average molecular weight is 547 g/mol. The second-order valence-corrected chi connectivity index (χ2v) is 10.7. The molecule has 0 bridgehead atoms. The molecular weight excluding hydrogens is 516 g/mol. The van der Waals surface area contributed by atoms with Gasteiger partial charge in [-0.15, -0.1) is 0 Å². The number of urea groups is 1. The van der Waals surface area contributed by atoms with Crippen molar-refractivity contribution < 1.29 is 23.9 Å². The number of hydrogen-bond donors (Lipinski definition) is 2. The topological polar surface area (TPSA) is 143 Å². The quantitative estimate of drug-likeness (QED) is 0.549. The van der Waals surface area contributed by atoms with Gasteiger partial charge in [0.2, 0.25) is 5.91 Å². The highest BCUT2D eigenvalue weighted by molar-refractivity contribution is 6.33. The molecule has 2 aromatic rings. The first-order valence-electron chi connectivity index (χ1n) is 11.9. The van der Waals surface area contributed by atoms with Crippen molar-refractivity contribution in [1.82, 2.24) is 24.7 Å². The minimum absolute atomic E-state index is 0.0630. The van der Waals surface area contributed by atoms with Gasteiger partial charge in [0.15, 0.2) is 6.29 Å². The Bertz CT molecular complexity index is 1290. The van der Waals surface area contributed by atoms with Crippen LogP contribution in [0.25, 0.3) is 5.69 Å². The minimum Gasteiger partial charge on any atom is -0.444 e. The highest BCUT2D eigenvalue weighted by atomic mass is 35.5. The first-order valence-corrected chi connectivity index (χ1v) is 12.3. The number of aldehydes is 1.